The van der Waals surface area contributed by atoms with Crippen molar-refractivity contribution in [1.82, 2.24) is 25.1 Å². The molecule has 1 saturated heterocycles. The molecule has 1 amide bonds. The maximum absolute atomic E-state index is 11.9. The van der Waals surface area contributed by atoms with Gasteiger partial charge in [0.1, 0.15) is 17.7 Å². The van der Waals surface area contributed by atoms with Gasteiger partial charge in [0.25, 0.3) is 0 Å². The Morgan fingerprint density at radius 2 is 2.07 bits per heavy atom. The molecular formula is C18H27ClN6O2. The zero-order chi connectivity index (χ0) is 18.5. The van der Waals surface area contributed by atoms with E-state index in [0.29, 0.717) is 11.3 Å². The molecule has 8 nitrogen and oxygen atoms in total. The van der Waals surface area contributed by atoms with Crippen LogP contribution < -0.4 is 15.4 Å². The van der Waals surface area contributed by atoms with Crippen molar-refractivity contribution in [1.29, 1.82) is 0 Å². The van der Waals surface area contributed by atoms with Crippen molar-refractivity contribution in [3.05, 3.63) is 24.5 Å². The van der Waals surface area contributed by atoms with Crippen LogP contribution in [0.4, 0.5) is 10.6 Å². The third-order valence-corrected chi connectivity index (χ3v) is 4.32. The Kier molecular flexibility index (Phi) is 7.58. The summed E-state index contributed by atoms with van der Waals surface area (Å²) in [5.74, 6) is 1.18. The number of piperazine rings is 1. The fraction of sp³-hybridized carbons (Fsp3) is 0.500. The number of halogens is 1. The molecule has 1 atom stereocenters. The quantitative estimate of drug-likeness (QED) is 0.800. The third-order valence-electron chi connectivity index (χ3n) is 4.32. The van der Waals surface area contributed by atoms with Crippen molar-refractivity contribution >= 4 is 35.2 Å². The van der Waals surface area contributed by atoms with E-state index in [2.05, 4.69) is 32.4 Å². The van der Waals surface area contributed by atoms with Gasteiger partial charge in [-0.2, -0.15) is 0 Å². The summed E-state index contributed by atoms with van der Waals surface area (Å²) in [4.78, 5) is 24.4. The van der Waals surface area contributed by atoms with Gasteiger partial charge < -0.3 is 20.3 Å². The summed E-state index contributed by atoms with van der Waals surface area (Å²) in [6, 6.07) is 5.75. The molecule has 1 aliphatic heterocycles. The number of para-hydroxylation sites is 1. The highest BCUT2D eigenvalue weighted by molar-refractivity contribution is 5.94. The van der Waals surface area contributed by atoms with Gasteiger partial charge in [0, 0.05) is 58.2 Å². The van der Waals surface area contributed by atoms with Gasteiger partial charge in [-0.3, -0.25) is 4.90 Å². The summed E-state index contributed by atoms with van der Waals surface area (Å²) in [5, 5.41) is 7.67. The minimum Gasteiger partial charge on any atom is -0.408 e. The van der Waals surface area contributed by atoms with Crippen LogP contribution in [0.3, 0.4) is 0 Å². The maximum Gasteiger partial charge on any atom is 0.414 e. The highest BCUT2D eigenvalue weighted by atomic mass is 35.5. The Morgan fingerprint density at radius 1 is 1.33 bits per heavy atom. The average Bonchev–Trinajstić information content (AvgIpc) is 2.63. The number of nitrogens with zero attached hydrogens (tertiary/aromatic N) is 4. The summed E-state index contributed by atoms with van der Waals surface area (Å²) in [7, 11) is 3.29. The zero-order valence-electron chi connectivity index (χ0n) is 15.9. The van der Waals surface area contributed by atoms with Crippen LogP contribution in [-0.2, 0) is 0 Å². The van der Waals surface area contributed by atoms with Crippen molar-refractivity contribution in [2.75, 3.05) is 52.1 Å². The molecule has 1 unspecified atom stereocenters. The first-order valence-corrected chi connectivity index (χ1v) is 8.87. The molecule has 148 valence electrons. The fourth-order valence-corrected chi connectivity index (χ4v) is 3.00. The Bertz CT molecular complexity index is 767. The number of benzene rings is 1. The Hall–Kier alpha value is -2.16. The minimum atomic E-state index is -0.433. The van der Waals surface area contributed by atoms with Crippen molar-refractivity contribution in [3.8, 4) is 5.75 Å². The summed E-state index contributed by atoms with van der Waals surface area (Å²) in [6.45, 7) is 7.27. The van der Waals surface area contributed by atoms with Gasteiger partial charge in [-0.1, -0.05) is 6.07 Å². The molecule has 2 heterocycles. The smallest absolute Gasteiger partial charge is 0.408 e. The largest absolute Gasteiger partial charge is 0.414 e. The number of hydrogen-bond acceptors (Lipinski definition) is 7. The number of rotatable bonds is 5. The van der Waals surface area contributed by atoms with Crippen LogP contribution in [0.15, 0.2) is 24.5 Å². The number of anilines is 1. The first-order chi connectivity index (χ1) is 12.5. The molecule has 27 heavy (non-hydrogen) atoms. The molecule has 0 aliphatic carbocycles. The molecule has 0 saturated carbocycles. The van der Waals surface area contributed by atoms with Gasteiger partial charge in [0.2, 0.25) is 0 Å². The van der Waals surface area contributed by atoms with Gasteiger partial charge in [0.05, 0.1) is 0 Å². The number of ether oxygens (including phenoxy) is 1. The van der Waals surface area contributed by atoms with Crippen LogP contribution in [0, 0.1) is 0 Å². The van der Waals surface area contributed by atoms with E-state index in [0.717, 1.165) is 43.9 Å². The first-order valence-electron chi connectivity index (χ1n) is 8.87. The van der Waals surface area contributed by atoms with E-state index in [9.17, 15) is 4.79 Å². The Labute approximate surface area is 165 Å². The standard InChI is InChI=1S/C18H26N6O2.ClH/c1-13(11-24-9-7-19-8-10-24)22-17-14-5-4-6-15(16(14)20-12-21-17)26-18(25)23(2)3;/h4-6,12-13,19H,7-11H2,1-3H3,(H,20,21,22);1H. The lowest BCUT2D eigenvalue weighted by Gasteiger charge is -2.30. The topological polar surface area (TPSA) is 82.6 Å². The molecule has 3 rings (SSSR count). The molecule has 1 aromatic heterocycles. The number of fused-ring (bicyclic) bond motifs is 1. The molecule has 9 heteroatoms. The van der Waals surface area contributed by atoms with Crippen molar-refractivity contribution in [3.63, 3.8) is 0 Å². The maximum atomic E-state index is 11.9. The van der Waals surface area contributed by atoms with Crippen LogP contribution in [0.1, 0.15) is 6.92 Å². The highest BCUT2D eigenvalue weighted by Gasteiger charge is 2.16. The Balaban J connectivity index is 0.00000261. The summed E-state index contributed by atoms with van der Waals surface area (Å²) < 4.78 is 5.42. The van der Waals surface area contributed by atoms with Crippen LogP contribution >= 0.6 is 12.4 Å². The van der Waals surface area contributed by atoms with Crippen LogP contribution in [0.5, 0.6) is 5.75 Å². The number of carbonyl (C=O) groups excluding carboxylic acids is 1. The van der Waals surface area contributed by atoms with Crippen molar-refractivity contribution in [2.24, 2.45) is 0 Å². The highest BCUT2D eigenvalue weighted by Crippen LogP contribution is 2.28. The molecule has 0 radical (unpaired) electrons. The van der Waals surface area contributed by atoms with E-state index in [4.69, 9.17) is 4.74 Å². The summed E-state index contributed by atoms with van der Waals surface area (Å²) in [6.07, 6.45) is 1.06. The monoisotopic (exact) mass is 394 g/mol. The van der Waals surface area contributed by atoms with E-state index in [-0.39, 0.29) is 18.4 Å². The minimum absolute atomic E-state index is 0. The normalized spacial score (nSPS) is 15.7. The van der Waals surface area contributed by atoms with E-state index in [1.54, 1.807) is 20.2 Å². The second kappa shape index (κ2) is 9.68. The second-order valence-electron chi connectivity index (χ2n) is 6.73. The van der Waals surface area contributed by atoms with Crippen molar-refractivity contribution in [2.45, 2.75) is 13.0 Å². The molecule has 1 aliphatic rings. The van der Waals surface area contributed by atoms with Crippen LogP contribution in [0.25, 0.3) is 10.9 Å². The van der Waals surface area contributed by atoms with Gasteiger partial charge in [-0.15, -0.1) is 12.4 Å². The molecular weight excluding hydrogens is 368 g/mol. The fourth-order valence-electron chi connectivity index (χ4n) is 3.00. The van der Waals surface area contributed by atoms with E-state index >= 15 is 0 Å². The number of amides is 1. The number of aromatic nitrogens is 2. The van der Waals surface area contributed by atoms with Gasteiger partial charge >= 0.3 is 6.09 Å². The van der Waals surface area contributed by atoms with E-state index in [1.165, 1.54) is 11.2 Å². The van der Waals surface area contributed by atoms with Gasteiger partial charge in [0.15, 0.2) is 5.75 Å². The lowest BCUT2D eigenvalue weighted by atomic mass is 10.2. The van der Waals surface area contributed by atoms with Gasteiger partial charge in [-0.05, 0) is 19.1 Å². The lowest BCUT2D eigenvalue weighted by molar-refractivity contribution is 0.172. The van der Waals surface area contributed by atoms with E-state index in [1.807, 2.05) is 12.1 Å². The van der Waals surface area contributed by atoms with Gasteiger partial charge in [-0.25, -0.2) is 14.8 Å². The summed E-state index contributed by atoms with van der Waals surface area (Å²) >= 11 is 0. The number of carbonyl (C=O) groups is 1. The third kappa shape index (κ3) is 5.41. The number of hydrogen-bond donors (Lipinski definition) is 2. The molecule has 0 bridgehead atoms. The predicted molar refractivity (Wildman–Crippen MR) is 109 cm³/mol. The molecule has 2 aromatic rings. The molecule has 1 aromatic carbocycles. The second-order valence-corrected chi connectivity index (χ2v) is 6.73. The molecule has 0 spiro atoms. The molecule has 2 N–H and O–H groups in total. The summed E-state index contributed by atoms with van der Waals surface area (Å²) in [5.41, 5.74) is 0.620. The number of nitrogens with one attached hydrogen (secondary N) is 2. The zero-order valence-corrected chi connectivity index (χ0v) is 16.8. The molecule has 1 fully saturated rings. The SMILES string of the molecule is CC(CN1CCNCC1)Nc1ncnc2c(OC(=O)N(C)C)cccc12.Cl. The predicted octanol–water partition coefficient (Wildman–Crippen LogP) is 1.82. The lowest BCUT2D eigenvalue weighted by Crippen LogP contribution is -2.47. The van der Waals surface area contributed by atoms with Crippen molar-refractivity contribution < 1.29 is 9.53 Å². The van der Waals surface area contributed by atoms with Crippen LogP contribution in [-0.4, -0.2) is 78.7 Å². The average molecular weight is 395 g/mol. The van der Waals surface area contributed by atoms with Crippen LogP contribution in [0.2, 0.25) is 0 Å². The Morgan fingerprint density at radius 3 is 2.78 bits per heavy atom. The van der Waals surface area contributed by atoms with E-state index < -0.39 is 6.09 Å². The first kappa shape index (κ1) is 21.1.